The van der Waals surface area contributed by atoms with Gasteiger partial charge in [-0.05, 0) is 68.3 Å². The van der Waals surface area contributed by atoms with Crippen LogP contribution in [-0.2, 0) is 4.79 Å². The molecule has 162 valence electrons. The van der Waals surface area contributed by atoms with Crippen molar-refractivity contribution in [2.75, 3.05) is 5.32 Å². The van der Waals surface area contributed by atoms with Crippen LogP contribution in [0.2, 0.25) is 10.0 Å². The average Bonchev–Trinajstić information content (AvgIpc) is 2.99. The molecule has 1 aromatic heterocycles. The van der Waals surface area contributed by atoms with E-state index in [9.17, 15) is 20.2 Å². The summed E-state index contributed by atoms with van der Waals surface area (Å²) >= 11 is 12.3. The number of hydrogen-bond acceptors (Lipinski definition) is 4. The summed E-state index contributed by atoms with van der Waals surface area (Å²) in [4.78, 5) is 23.1. The van der Waals surface area contributed by atoms with E-state index in [1.165, 1.54) is 24.3 Å². The lowest BCUT2D eigenvalue weighted by molar-refractivity contribution is -0.384. The maximum atomic E-state index is 12.7. The van der Waals surface area contributed by atoms with Crippen molar-refractivity contribution in [3.05, 3.63) is 90.7 Å². The topological polar surface area (TPSA) is 101 Å². The second kappa shape index (κ2) is 9.27. The summed E-state index contributed by atoms with van der Waals surface area (Å²) in [7, 11) is 0. The SMILES string of the molecule is Cc1cc([N+](=O)[O-])ccc1NC(=O)/C(C#N)=C/c1cc(C)n(-c2cc(Cl)cc(Cl)c2)c1C. The van der Waals surface area contributed by atoms with Crippen molar-refractivity contribution in [1.29, 1.82) is 5.26 Å². The number of nitrogens with zero attached hydrogens (tertiary/aromatic N) is 3. The van der Waals surface area contributed by atoms with Crippen LogP contribution in [-0.4, -0.2) is 15.4 Å². The number of benzene rings is 2. The van der Waals surface area contributed by atoms with E-state index in [0.29, 0.717) is 26.9 Å². The molecule has 0 spiro atoms. The lowest BCUT2D eigenvalue weighted by Crippen LogP contribution is -2.14. The number of hydrogen-bond donors (Lipinski definition) is 1. The van der Waals surface area contributed by atoms with Crippen molar-refractivity contribution in [3.8, 4) is 11.8 Å². The average molecular weight is 469 g/mol. The van der Waals surface area contributed by atoms with Crippen molar-refractivity contribution in [1.82, 2.24) is 4.57 Å². The van der Waals surface area contributed by atoms with Gasteiger partial charge in [0, 0.05) is 44.9 Å². The first-order valence-electron chi connectivity index (χ1n) is 9.44. The molecule has 0 unspecified atom stereocenters. The molecule has 1 amide bonds. The Kier molecular flexibility index (Phi) is 6.68. The van der Waals surface area contributed by atoms with Crippen LogP contribution < -0.4 is 5.32 Å². The number of nitrogens with one attached hydrogen (secondary N) is 1. The highest BCUT2D eigenvalue weighted by atomic mass is 35.5. The highest BCUT2D eigenvalue weighted by Crippen LogP contribution is 2.28. The molecule has 0 aliphatic heterocycles. The smallest absolute Gasteiger partial charge is 0.269 e. The molecule has 2 aromatic carbocycles. The van der Waals surface area contributed by atoms with Crippen molar-refractivity contribution in [2.24, 2.45) is 0 Å². The molecule has 7 nitrogen and oxygen atoms in total. The Balaban J connectivity index is 1.94. The number of amides is 1. The molecule has 0 aliphatic carbocycles. The Hall–Kier alpha value is -3.60. The summed E-state index contributed by atoms with van der Waals surface area (Å²) in [6.07, 6.45) is 1.50. The van der Waals surface area contributed by atoms with E-state index in [-0.39, 0.29) is 11.3 Å². The molecule has 1 N–H and O–H groups in total. The summed E-state index contributed by atoms with van der Waals surface area (Å²) in [6.45, 7) is 5.40. The van der Waals surface area contributed by atoms with Crippen molar-refractivity contribution in [2.45, 2.75) is 20.8 Å². The number of carbonyl (C=O) groups excluding carboxylic acids is 1. The van der Waals surface area contributed by atoms with E-state index in [1.54, 1.807) is 25.1 Å². The molecule has 0 fully saturated rings. The standard InChI is InChI=1S/C23H18Cl2N4O3/c1-13-6-20(29(31)32)4-5-22(13)27-23(30)17(12-26)8-16-7-14(2)28(15(16)3)21-10-18(24)9-19(25)11-21/h4-11H,1-3H3,(H,27,30)/b17-8+. The van der Waals surface area contributed by atoms with Crippen LogP contribution in [0.3, 0.4) is 0 Å². The fourth-order valence-corrected chi connectivity index (χ4v) is 3.91. The van der Waals surface area contributed by atoms with Gasteiger partial charge >= 0.3 is 0 Å². The third-order valence-corrected chi connectivity index (χ3v) is 5.35. The van der Waals surface area contributed by atoms with E-state index >= 15 is 0 Å². The number of aromatic nitrogens is 1. The molecule has 3 aromatic rings. The summed E-state index contributed by atoms with van der Waals surface area (Å²) in [5.74, 6) is -0.611. The molecule has 0 atom stereocenters. The first-order valence-corrected chi connectivity index (χ1v) is 10.2. The number of aryl methyl sites for hydroxylation is 2. The van der Waals surface area contributed by atoms with E-state index in [0.717, 1.165) is 17.1 Å². The summed E-state index contributed by atoms with van der Waals surface area (Å²) in [5.41, 5.74) is 3.84. The van der Waals surface area contributed by atoms with Crippen LogP contribution in [0.1, 0.15) is 22.5 Å². The third-order valence-electron chi connectivity index (χ3n) is 4.91. The van der Waals surface area contributed by atoms with E-state index in [2.05, 4.69) is 5.32 Å². The minimum atomic E-state index is -0.611. The van der Waals surface area contributed by atoms with Crippen LogP contribution in [0.4, 0.5) is 11.4 Å². The first-order chi connectivity index (χ1) is 15.1. The maximum absolute atomic E-state index is 12.7. The molecule has 0 bridgehead atoms. The van der Waals surface area contributed by atoms with Crippen LogP contribution >= 0.6 is 23.2 Å². The van der Waals surface area contributed by atoms with Gasteiger partial charge in [-0.25, -0.2) is 0 Å². The Morgan fingerprint density at radius 2 is 1.78 bits per heavy atom. The van der Waals surface area contributed by atoms with E-state index < -0.39 is 10.8 Å². The Labute approximate surface area is 194 Å². The Morgan fingerprint density at radius 1 is 1.12 bits per heavy atom. The highest BCUT2D eigenvalue weighted by Gasteiger charge is 2.16. The van der Waals surface area contributed by atoms with Gasteiger partial charge in [0.05, 0.1) is 4.92 Å². The summed E-state index contributed by atoms with van der Waals surface area (Å²) in [5, 5.41) is 24.1. The van der Waals surface area contributed by atoms with Crippen LogP contribution in [0.5, 0.6) is 0 Å². The molecule has 0 aliphatic rings. The minimum absolute atomic E-state index is 0.0786. The third kappa shape index (κ3) is 4.83. The normalized spacial score (nSPS) is 11.2. The monoisotopic (exact) mass is 468 g/mol. The number of halogens is 2. The number of anilines is 1. The maximum Gasteiger partial charge on any atom is 0.269 e. The fourth-order valence-electron chi connectivity index (χ4n) is 3.39. The highest BCUT2D eigenvalue weighted by molar-refractivity contribution is 6.34. The number of non-ortho nitro benzene ring substituents is 1. The molecular weight excluding hydrogens is 451 g/mol. The van der Waals surface area contributed by atoms with Gasteiger partial charge in [-0.3, -0.25) is 14.9 Å². The predicted molar refractivity (Wildman–Crippen MR) is 125 cm³/mol. The Morgan fingerprint density at radius 3 is 2.34 bits per heavy atom. The number of rotatable bonds is 5. The molecule has 0 saturated heterocycles. The van der Waals surface area contributed by atoms with Crippen molar-refractivity contribution >= 4 is 46.6 Å². The summed E-state index contributed by atoms with van der Waals surface area (Å²) < 4.78 is 1.93. The summed E-state index contributed by atoms with van der Waals surface area (Å²) in [6, 6.07) is 13.1. The zero-order chi connectivity index (χ0) is 23.6. The van der Waals surface area contributed by atoms with Gasteiger partial charge in [-0.15, -0.1) is 0 Å². The van der Waals surface area contributed by atoms with Gasteiger partial charge in [0.15, 0.2) is 0 Å². The Bertz CT molecular complexity index is 1300. The number of nitro groups is 1. The van der Waals surface area contributed by atoms with Crippen LogP contribution in [0.15, 0.2) is 48.0 Å². The fraction of sp³-hybridized carbons (Fsp3) is 0.130. The number of carbonyl (C=O) groups is 1. The molecule has 1 heterocycles. The van der Waals surface area contributed by atoms with Crippen molar-refractivity contribution < 1.29 is 9.72 Å². The van der Waals surface area contributed by atoms with Crippen LogP contribution in [0, 0.1) is 42.2 Å². The largest absolute Gasteiger partial charge is 0.321 e. The number of nitriles is 1. The molecular formula is C23H18Cl2N4O3. The molecule has 3 rings (SSSR count). The molecule has 32 heavy (non-hydrogen) atoms. The molecule has 0 radical (unpaired) electrons. The van der Waals surface area contributed by atoms with Gasteiger partial charge in [-0.1, -0.05) is 23.2 Å². The zero-order valence-electron chi connectivity index (χ0n) is 17.4. The predicted octanol–water partition coefficient (Wildman–Crippen LogP) is 6.16. The molecule has 0 saturated carbocycles. The van der Waals surface area contributed by atoms with Gasteiger partial charge in [-0.2, -0.15) is 5.26 Å². The lowest BCUT2D eigenvalue weighted by atomic mass is 10.1. The molecule has 9 heteroatoms. The quantitative estimate of drug-likeness (QED) is 0.209. The number of nitro benzene ring substituents is 1. The second-order valence-electron chi connectivity index (χ2n) is 7.17. The van der Waals surface area contributed by atoms with E-state index in [4.69, 9.17) is 23.2 Å². The lowest BCUT2D eigenvalue weighted by Gasteiger charge is -2.11. The van der Waals surface area contributed by atoms with Crippen LogP contribution in [0.25, 0.3) is 11.8 Å². The first kappa shape index (κ1) is 23.1. The van der Waals surface area contributed by atoms with E-state index in [1.807, 2.05) is 30.6 Å². The van der Waals surface area contributed by atoms with Crippen molar-refractivity contribution in [3.63, 3.8) is 0 Å². The van der Waals surface area contributed by atoms with Gasteiger partial charge in [0.25, 0.3) is 11.6 Å². The van der Waals surface area contributed by atoms with Gasteiger partial charge in [0.2, 0.25) is 0 Å². The minimum Gasteiger partial charge on any atom is -0.321 e. The van der Waals surface area contributed by atoms with Gasteiger partial charge < -0.3 is 9.88 Å². The van der Waals surface area contributed by atoms with Gasteiger partial charge in [0.1, 0.15) is 11.6 Å². The second-order valence-corrected chi connectivity index (χ2v) is 8.04. The zero-order valence-corrected chi connectivity index (χ0v) is 19.0.